The fraction of sp³-hybridized carbons (Fsp3) is 1.00. The van der Waals surface area contributed by atoms with Crippen LogP contribution < -0.4 is 5.32 Å². The zero-order chi connectivity index (χ0) is 9.97. The molecule has 3 heteroatoms. The largest absolute Gasteiger partial charge is 0.380 e. The number of nitrogens with zero attached hydrogens (tertiary/aromatic N) is 1. The number of hydrogen-bond acceptors (Lipinski definition) is 3. The van der Waals surface area contributed by atoms with Crippen molar-refractivity contribution in [1.82, 2.24) is 10.2 Å². The van der Waals surface area contributed by atoms with Crippen molar-refractivity contribution in [2.45, 2.75) is 43.9 Å². The zero-order valence-corrected chi connectivity index (χ0v) is 9.33. The lowest BCUT2D eigenvalue weighted by atomic mass is 9.90. The summed E-state index contributed by atoms with van der Waals surface area (Å²) in [5.41, 5.74) is 0. The average molecular weight is 198 g/mol. The highest BCUT2D eigenvalue weighted by atomic mass is 16.5. The first kappa shape index (κ1) is 10.4. The Bertz CT molecular complexity index is 182. The minimum atomic E-state index is 0.467. The molecule has 0 aromatic heterocycles. The first-order valence-corrected chi connectivity index (χ1v) is 5.78. The van der Waals surface area contributed by atoms with Crippen molar-refractivity contribution in [3.63, 3.8) is 0 Å². The minimum absolute atomic E-state index is 0.467. The third-order valence-corrected chi connectivity index (χ3v) is 3.83. The molecule has 2 aliphatic rings. The first-order chi connectivity index (χ1) is 6.83. The molecular weight excluding hydrogens is 176 g/mol. The molecule has 2 unspecified atom stereocenters. The maximum Gasteiger partial charge on any atom is 0.0726 e. The Balaban J connectivity index is 1.91. The summed E-state index contributed by atoms with van der Waals surface area (Å²) in [5.74, 6) is 0. The summed E-state index contributed by atoms with van der Waals surface area (Å²) in [6.07, 6.45) is 5.73. The van der Waals surface area contributed by atoms with Crippen molar-refractivity contribution in [2.75, 3.05) is 27.2 Å². The normalized spacial score (nSPS) is 34.5. The smallest absolute Gasteiger partial charge is 0.0726 e. The number of likely N-dealkylation sites (N-methyl/N-ethyl adjacent to an activating group) is 1. The molecule has 0 spiro atoms. The molecule has 3 nitrogen and oxygen atoms in total. The van der Waals surface area contributed by atoms with Gasteiger partial charge in [-0.3, -0.25) is 4.90 Å². The SMILES string of the molecule is COC1CCCCC1N(C)C1CNC1. The van der Waals surface area contributed by atoms with E-state index in [1.807, 2.05) is 7.11 Å². The van der Waals surface area contributed by atoms with E-state index in [0.717, 1.165) is 19.1 Å². The van der Waals surface area contributed by atoms with Crippen molar-refractivity contribution in [3.05, 3.63) is 0 Å². The predicted octanol–water partition coefficient (Wildman–Crippen LogP) is 0.848. The van der Waals surface area contributed by atoms with E-state index in [4.69, 9.17) is 4.74 Å². The van der Waals surface area contributed by atoms with Gasteiger partial charge < -0.3 is 10.1 Å². The van der Waals surface area contributed by atoms with Gasteiger partial charge in [-0.25, -0.2) is 0 Å². The molecule has 1 saturated heterocycles. The van der Waals surface area contributed by atoms with E-state index in [-0.39, 0.29) is 0 Å². The Kier molecular flexibility index (Phi) is 3.42. The molecule has 1 heterocycles. The Morgan fingerprint density at radius 3 is 2.50 bits per heavy atom. The van der Waals surface area contributed by atoms with Gasteiger partial charge in [0.15, 0.2) is 0 Å². The van der Waals surface area contributed by atoms with Crippen LogP contribution in [-0.4, -0.2) is 50.3 Å². The van der Waals surface area contributed by atoms with Crippen LogP contribution in [-0.2, 0) is 4.74 Å². The van der Waals surface area contributed by atoms with Gasteiger partial charge in [-0.2, -0.15) is 0 Å². The molecule has 0 aromatic carbocycles. The monoisotopic (exact) mass is 198 g/mol. The van der Waals surface area contributed by atoms with Gasteiger partial charge in [0.2, 0.25) is 0 Å². The van der Waals surface area contributed by atoms with Gasteiger partial charge in [0.05, 0.1) is 6.10 Å². The zero-order valence-electron chi connectivity index (χ0n) is 9.33. The lowest BCUT2D eigenvalue weighted by Crippen LogP contribution is -2.61. The van der Waals surface area contributed by atoms with Gasteiger partial charge in [-0.1, -0.05) is 12.8 Å². The third kappa shape index (κ3) is 1.95. The van der Waals surface area contributed by atoms with Crippen LogP contribution in [0.5, 0.6) is 0 Å². The lowest BCUT2D eigenvalue weighted by molar-refractivity contribution is -0.0239. The molecule has 82 valence electrons. The van der Waals surface area contributed by atoms with Crippen LogP contribution in [0.25, 0.3) is 0 Å². The molecular formula is C11H22N2O. The number of hydrogen-bond donors (Lipinski definition) is 1. The fourth-order valence-corrected chi connectivity index (χ4v) is 2.65. The van der Waals surface area contributed by atoms with Crippen LogP contribution in [0.3, 0.4) is 0 Å². The van der Waals surface area contributed by atoms with E-state index in [0.29, 0.717) is 12.1 Å². The topological polar surface area (TPSA) is 24.5 Å². The van der Waals surface area contributed by atoms with Crippen LogP contribution in [0, 0.1) is 0 Å². The Hall–Kier alpha value is -0.120. The van der Waals surface area contributed by atoms with Gasteiger partial charge in [-0.05, 0) is 19.9 Å². The van der Waals surface area contributed by atoms with E-state index in [2.05, 4.69) is 17.3 Å². The van der Waals surface area contributed by atoms with E-state index < -0.39 is 0 Å². The second-order valence-corrected chi connectivity index (χ2v) is 4.60. The van der Waals surface area contributed by atoms with Gasteiger partial charge in [0.25, 0.3) is 0 Å². The molecule has 1 N–H and O–H groups in total. The maximum absolute atomic E-state index is 5.58. The van der Waals surface area contributed by atoms with E-state index in [9.17, 15) is 0 Å². The quantitative estimate of drug-likeness (QED) is 0.727. The van der Waals surface area contributed by atoms with Gasteiger partial charge in [0.1, 0.15) is 0 Å². The highest BCUT2D eigenvalue weighted by molar-refractivity contribution is 4.91. The summed E-state index contributed by atoms with van der Waals surface area (Å²) in [6, 6.07) is 1.40. The number of ether oxygens (including phenoxy) is 1. The van der Waals surface area contributed by atoms with Crippen LogP contribution >= 0.6 is 0 Å². The van der Waals surface area contributed by atoms with E-state index in [1.54, 1.807) is 0 Å². The summed E-state index contributed by atoms with van der Waals surface area (Å²) >= 11 is 0. The minimum Gasteiger partial charge on any atom is -0.380 e. The molecule has 2 atom stereocenters. The Morgan fingerprint density at radius 1 is 1.21 bits per heavy atom. The predicted molar refractivity (Wildman–Crippen MR) is 57.5 cm³/mol. The molecule has 1 saturated carbocycles. The number of rotatable bonds is 3. The number of nitrogens with one attached hydrogen (secondary N) is 1. The fourth-order valence-electron chi connectivity index (χ4n) is 2.65. The highest BCUT2D eigenvalue weighted by Crippen LogP contribution is 2.26. The second-order valence-electron chi connectivity index (χ2n) is 4.60. The van der Waals surface area contributed by atoms with Crippen molar-refractivity contribution < 1.29 is 4.74 Å². The summed E-state index contributed by atoms with van der Waals surface area (Å²) in [6.45, 7) is 2.31. The van der Waals surface area contributed by atoms with Crippen LogP contribution in [0.4, 0.5) is 0 Å². The first-order valence-electron chi connectivity index (χ1n) is 5.78. The van der Waals surface area contributed by atoms with Crippen LogP contribution in [0.15, 0.2) is 0 Å². The van der Waals surface area contributed by atoms with Crippen LogP contribution in [0.1, 0.15) is 25.7 Å². The standard InChI is InChI=1S/C11H22N2O/c1-13(9-7-12-8-9)10-5-3-4-6-11(10)14-2/h9-12H,3-8H2,1-2H3. The average Bonchev–Trinajstić information content (AvgIpc) is 2.15. The molecule has 0 aromatic rings. The summed E-state index contributed by atoms with van der Waals surface area (Å²) in [7, 11) is 4.11. The molecule has 0 amide bonds. The second kappa shape index (κ2) is 4.60. The summed E-state index contributed by atoms with van der Waals surface area (Å²) in [5, 5.41) is 3.33. The number of methoxy groups -OCH3 is 1. The van der Waals surface area contributed by atoms with Crippen LogP contribution in [0.2, 0.25) is 0 Å². The van der Waals surface area contributed by atoms with Crippen molar-refractivity contribution in [2.24, 2.45) is 0 Å². The van der Waals surface area contributed by atoms with Crippen molar-refractivity contribution >= 4 is 0 Å². The molecule has 2 rings (SSSR count). The molecule has 0 bridgehead atoms. The molecule has 14 heavy (non-hydrogen) atoms. The van der Waals surface area contributed by atoms with E-state index in [1.165, 1.54) is 25.7 Å². The summed E-state index contributed by atoms with van der Waals surface area (Å²) < 4.78 is 5.58. The van der Waals surface area contributed by atoms with Gasteiger partial charge in [-0.15, -0.1) is 0 Å². The maximum atomic E-state index is 5.58. The molecule has 1 aliphatic carbocycles. The van der Waals surface area contributed by atoms with Crippen molar-refractivity contribution in [3.8, 4) is 0 Å². The Morgan fingerprint density at radius 2 is 1.93 bits per heavy atom. The molecule has 2 fully saturated rings. The highest BCUT2D eigenvalue weighted by Gasteiger charge is 2.33. The van der Waals surface area contributed by atoms with E-state index >= 15 is 0 Å². The van der Waals surface area contributed by atoms with Gasteiger partial charge >= 0.3 is 0 Å². The molecule has 0 radical (unpaired) electrons. The van der Waals surface area contributed by atoms with Gasteiger partial charge in [0, 0.05) is 32.3 Å². The third-order valence-electron chi connectivity index (χ3n) is 3.83. The lowest BCUT2D eigenvalue weighted by Gasteiger charge is -2.44. The van der Waals surface area contributed by atoms with Crippen molar-refractivity contribution in [1.29, 1.82) is 0 Å². The summed E-state index contributed by atoms with van der Waals surface area (Å²) in [4.78, 5) is 2.53. The Labute approximate surface area is 86.8 Å². The molecule has 1 aliphatic heterocycles.